The quantitative estimate of drug-likeness (QED) is 0.118. The Hall–Kier alpha value is -7.20. The predicted molar refractivity (Wildman–Crippen MR) is 246 cm³/mol. The lowest BCUT2D eigenvalue weighted by Crippen LogP contribution is -2.37. The molecular formula is C48H44ClN9O6. The average molecular weight is 878 g/mol. The largest absolute Gasteiger partial charge is 0.456 e. The van der Waals surface area contributed by atoms with Crippen molar-refractivity contribution in [3.63, 3.8) is 0 Å². The molecule has 64 heavy (non-hydrogen) atoms. The second-order valence-electron chi connectivity index (χ2n) is 15.8. The molecule has 16 heteroatoms. The molecule has 4 aliphatic rings. The number of rotatable bonds is 7. The summed E-state index contributed by atoms with van der Waals surface area (Å²) in [6, 6.07) is 30.2. The molecule has 11 rings (SSSR count). The van der Waals surface area contributed by atoms with Crippen molar-refractivity contribution in [2.24, 2.45) is 0 Å². The van der Waals surface area contributed by atoms with Gasteiger partial charge in [-0.05, 0) is 60.7 Å². The molecule has 0 amide bonds. The van der Waals surface area contributed by atoms with Crippen LogP contribution in [0.3, 0.4) is 0 Å². The highest BCUT2D eigenvalue weighted by Crippen LogP contribution is 2.44. The first-order valence-corrected chi connectivity index (χ1v) is 21.5. The van der Waals surface area contributed by atoms with Crippen LogP contribution in [0.25, 0.3) is 22.8 Å². The molecule has 0 spiro atoms. The van der Waals surface area contributed by atoms with Gasteiger partial charge in [0.05, 0.1) is 49.8 Å². The number of anilines is 4. The number of nitrogen functional groups attached to an aromatic ring is 1. The summed E-state index contributed by atoms with van der Waals surface area (Å²) in [7, 11) is 0. The van der Waals surface area contributed by atoms with Gasteiger partial charge in [0.25, 0.3) is 11.1 Å². The highest BCUT2D eigenvalue weighted by molar-refractivity contribution is 6.30. The molecule has 15 nitrogen and oxygen atoms in total. The number of nitrogens with two attached hydrogens (primary N) is 1. The van der Waals surface area contributed by atoms with Crippen molar-refractivity contribution < 1.29 is 18.9 Å². The van der Waals surface area contributed by atoms with Gasteiger partial charge in [-0.2, -0.15) is 0 Å². The van der Waals surface area contributed by atoms with Crippen LogP contribution in [0.2, 0.25) is 5.02 Å². The Labute approximate surface area is 372 Å². The molecule has 324 valence electrons. The molecule has 0 radical (unpaired) electrons. The summed E-state index contributed by atoms with van der Waals surface area (Å²) in [5, 5.41) is 4.07. The highest BCUT2D eigenvalue weighted by Gasteiger charge is 2.25. The number of H-pyrrole nitrogens is 2. The van der Waals surface area contributed by atoms with Crippen LogP contribution in [0.5, 0.6) is 23.0 Å². The number of aromatic amines is 2. The van der Waals surface area contributed by atoms with Gasteiger partial charge in [0.15, 0.2) is 0 Å². The number of hydrogen-bond donors (Lipinski definition) is 4. The first kappa shape index (κ1) is 40.8. The van der Waals surface area contributed by atoms with Gasteiger partial charge < -0.3 is 49.8 Å². The number of aromatic nitrogens is 5. The fourth-order valence-corrected chi connectivity index (χ4v) is 8.43. The van der Waals surface area contributed by atoms with Crippen LogP contribution in [-0.4, -0.2) is 77.5 Å². The monoisotopic (exact) mass is 877 g/mol. The number of fused-ring (bicyclic) bond motifs is 4. The number of nitrogens with one attached hydrogen (secondary N) is 3. The number of hydrogen-bond acceptors (Lipinski definition) is 13. The van der Waals surface area contributed by atoms with E-state index in [1.165, 1.54) is 12.1 Å². The Morgan fingerprint density at radius 2 is 1.19 bits per heavy atom. The van der Waals surface area contributed by atoms with Gasteiger partial charge in [-0.25, -0.2) is 9.97 Å². The van der Waals surface area contributed by atoms with Gasteiger partial charge in [0.2, 0.25) is 0 Å². The van der Waals surface area contributed by atoms with Gasteiger partial charge >= 0.3 is 0 Å². The van der Waals surface area contributed by atoms with Crippen molar-refractivity contribution in [2.45, 2.75) is 19.4 Å². The van der Waals surface area contributed by atoms with Crippen LogP contribution in [0, 0.1) is 0 Å². The number of pyridine rings is 1. The molecule has 0 unspecified atom stereocenters. The van der Waals surface area contributed by atoms with Crippen molar-refractivity contribution in [3.8, 4) is 45.8 Å². The average Bonchev–Trinajstić information content (AvgIpc) is 3.32. The maximum atomic E-state index is 12.5. The van der Waals surface area contributed by atoms with Crippen LogP contribution in [0.4, 0.5) is 23.0 Å². The van der Waals surface area contributed by atoms with E-state index in [-0.39, 0.29) is 11.1 Å². The molecule has 0 saturated carbocycles. The van der Waals surface area contributed by atoms with Crippen LogP contribution in [0.15, 0.2) is 113 Å². The van der Waals surface area contributed by atoms with Crippen molar-refractivity contribution in [2.75, 3.05) is 73.5 Å². The lowest BCUT2D eigenvalue weighted by Gasteiger charge is -2.28. The van der Waals surface area contributed by atoms with Gasteiger partial charge in [0.1, 0.15) is 46.3 Å². The zero-order chi connectivity index (χ0) is 43.6. The van der Waals surface area contributed by atoms with E-state index in [9.17, 15) is 9.59 Å². The summed E-state index contributed by atoms with van der Waals surface area (Å²) >= 11 is 6.07. The Morgan fingerprint density at radius 1 is 0.641 bits per heavy atom. The molecule has 4 aromatic carbocycles. The number of halogens is 1. The van der Waals surface area contributed by atoms with E-state index in [0.717, 1.165) is 74.2 Å². The number of benzene rings is 4. The van der Waals surface area contributed by atoms with Gasteiger partial charge in [-0.3, -0.25) is 14.6 Å². The van der Waals surface area contributed by atoms with E-state index in [0.29, 0.717) is 99.6 Å². The third-order valence-electron chi connectivity index (χ3n) is 11.4. The molecule has 2 fully saturated rings. The minimum atomic E-state index is -0.194. The molecular weight excluding hydrogens is 834 g/mol. The smallest absolute Gasteiger partial charge is 0.253 e. The molecule has 7 heterocycles. The Kier molecular flexibility index (Phi) is 11.4. The normalized spacial score (nSPS) is 15.0. The number of nitrogens with zero attached hydrogens (tertiary/aromatic N) is 5. The molecule has 5 N–H and O–H groups in total. The van der Waals surface area contributed by atoms with E-state index in [4.69, 9.17) is 46.3 Å². The summed E-state index contributed by atoms with van der Waals surface area (Å²) in [6.07, 6.45) is 3.13. The SMILES string of the molecule is Nc1ccc2c(c1)Cc1cccc(-c3nc(N4CCOCC4)cc(=O)[nH]3)c1O2.O=c1cc(N2CCOCC2)nc(-c2cccc3c2Oc2ccc(NCc4cc(Cl)ccn4)cc2C3)[nH]1. The maximum Gasteiger partial charge on any atom is 0.253 e. The molecule has 0 atom stereocenters. The topological polar surface area (TPSA) is 186 Å². The number of ether oxygens (including phenoxy) is 4. The molecule has 0 bridgehead atoms. The summed E-state index contributed by atoms with van der Waals surface area (Å²) in [5.41, 5.74) is 13.8. The lowest BCUT2D eigenvalue weighted by atomic mass is 9.97. The third-order valence-corrected chi connectivity index (χ3v) is 11.6. The fourth-order valence-electron chi connectivity index (χ4n) is 8.25. The second kappa shape index (κ2) is 17.9. The first-order chi connectivity index (χ1) is 31.3. The van der Waals surface area contributed by atoms with E-state index < -0.39 is 0 Å². The van der Waals surface area contributed by atoms with Crippen LogP contribution >= 0.6 is 11.6 Å². The second-order valence-corrected chi connectivity index (χ2v) is 16.2. The minimum Gasteiger partial charge on any atom is -0.456 e. The summed E-state index contributed by atoms with van der Waals surface area (Å²) < 4.78 is 23.4. The zero-order valence-corrected chi connectivity index (χ0v) is 35.5. The summed E-state index contributed by atoms with van der Waals surface area (Å²) in [5.74, 6) is 5.31. The lowest BCUT2D eigenvalue weighted by molar-refractivity contribution is 0.122. The van der Waals surface area contributed by atoms with Crippen molar-refractivity contribution in [1.82, 2.24) is 24.9 Å². The maximum absolute atomic E-state index is 12.5. The van der Waals surface area contributed by atoms with Crippen LogP contribution in [0.1, 0.15) is 27.9 Å². The zero-order valence-electron chi connectivity index (χ0n) is 34.7. The van der Waals surface area contributed by atoms with Crippen LogP contribution < -0.4 is 41.4 Å². The fraction of sp³-hybridized carbons (Fsp3) is 0.229. The van der Waals surface area contributed by atoms with E-state index >= 15 is 0 Å². The van der Waals surface area contributed by atoms with Gasteiger partial charge in [-0.1, -0.05) is 35.9 Å². The van der Waals surface area contributed by atoms with Crippen molar-refractivity contribution in [3.05, 3.63) is 157 Å². The van der Waals surface area contributed by atoms with E-state index in [1.807, 2.05) is 72.8 Å². The van der Waals surface area contributed by atoms with Gasteiger partial charge in [0, 0.05) is 96.0 Å². The standard InChI is InChI=1S/C27H24ClN5O3.C21H20N4O3/c28-19-6-7-29-21(14-19)16-30-20-4-5-23-18(13-20)12-17-2-1-3-22(26(17)36-23)27-31-24(15-25(34)32-27)33-8-10-35-11-9-33;22-15-4-5-17-14(11-15)10-13-2-1-3-16(20(13)28-17)21-23-18(12-19(26)24-21)25-6-8-27-9-7-25/h1-7,13-15,30H,8-12,16H2,(H,31,32,34);1-5,11-12H,6-10,22H2,(H,23,24,26). The first-order valence-electron chi connectivity index (χ1n) is 21.1. The Morgan fingerprint density at radius 3 is 1.75 bits per heavy atom. The minimum absolute atomic E-state index is 0.187. The van der Waals surface area contributed by atoms with Gasteiger partial charge in [-0.15, -0.1) is 0 Å². The van der Waals surface area contributed by atoms with E-state index in [2.05, 4.69) is 36.1 Å². The Bertz CT molecular complexity index is 2980. The Balaban J connectivity index is 0.000000156. The molecule has 0 aliphatic carbocycles. The number of morpholine rings is 2. The summed E-state index contributed by atoms with van der Waals surface area (Å²) in [6.45, 7) is 5.92. The highest BCUT2D eigenvalue weighted by atomic mass is 35.5. The third kappa shape index (κ3) is 8.86. The molecule has 2 saturated heterocycles. The van der Waals surface area contributed by atoms with Crippen molar-refractivity contribution >= 4 is 34.6 Å². The van der Waals surface area contributed by atoms with Crippen molar-refractivity contribution in [1.29, 1.82) is 0 Å². The predicted octanol–water partition coefficient (Wildman–Crippen LogP) is 7.18. The van der Waals surface area contributed by atoms with E-state index in [1.54, 1.807) is 12.3 Å². The number of para-hydroxylation sites is 2. The summed E-state index contributed by atoms with van der Waals surface area (Å²) in [4.78, 5) is 48.6. The van der Waals surface area contributed by atoms with Crippen LogP contribution in [-0.2, 0) is 28.9 Å². The molecule has 4 aliphatic heterocycles. The molecule has 3 aromatic heterocycles. The molecule has 7 aromatic rings.